The van der Waals surface area contributed by atoms with Gasteiger partial charge in [0.05, 0.1) is 12.5 Å². The van der Waals surface area contributed by atoms with Gasteiger partial charge in [0.2, 0.25) is 0 Å². The number of rotatable bonds is 8. The second kappa shape index (κ2) is 11.3. The highest BCUT2D eigenvalue weighted by atomic mass is 32.2. The number of sulfonamides is 1. The standard InChI is InChI=1S/C29H31NO5S2/c31-27(24-14-12-22(13-15-24)21-7-2-1-3-8-21)20-35-28(32)19-26-25-10-5-4-9-23(25)16-17-30(26)37(33,34)29-11-6-18-36-29/h4-6,9-15,18,21,26H,1-3,7-8,16-17,19-20H2. The molecule has 194 valence electrons. The van der Waals surface area contributed by atoms with E-state index >= 15 is 0 Å². The summed E-state index contributed by atoms with van der Waals surface area (Å²) in [4.78, 5) is 25.6. The molecule has 1 aliphatic carbocycles. The molecule has 3 aromatic rings. The van der Waals surface area contributed by atoms with E-state index in [1.54, 1.807) is 17.5 Å². The van der Waals surface area contributed by atoms with Crippen LogP contribution in [0.5, 0.6) is 0 Å². The van der Waals surface area contributed by atoms with Crippen LogP contribution in [0.2, 0.25) is 0 Å². The van der Waals surface area contributed by atoms with Crippen LogP contribution < -0.4 is 0 Å². The van der Waals surface area contributed by atoms with Crippen LogP contribution in [0.1, 0.15) is 77.5 Å². The zero-order valence-electron chi connectivity index (χ0n) is 20.7. The van der Waals surface area contributed by atoms with E-state index in [4.69, 9.17) is 4.74 Å². The predicted octanol–water partition coefficient (Wildman–Crippen LogP) is 5.90. The Morgan fingerprint density at radius 1 is 0.946 bits per heavy atom. The van der Waals surface area contributed by atoms with Crippen molar-refractivity contribution in [2.45, 2.75) is 61.1 Å². The number of carbonyl (C=O) groups is 2. The first-order chi connectivity index (χ1) is 17.9. The van der Waals surface area contributed by atoms with Crippen LogP contribution in [-0.4, -0.2) is 37.6 Å². The SMILES string of the molecule is O=C(CC1c2ccccc2CCN1S(=O)(=O)c1cccs1)OCC(=O)c1ccc(C2CCCCC2)cc1. The van der Waals surface area contributed by atoms with Gasteiger partial charge in [0, 0.05) is 12.1 Å². The summed E-state index contributed by atoms with van der Waals surface area (Å²) >= 11 is 1.16. The molecule has 0 saturated heterocycles. The van der Waals surface area contributed by atoms with Gasteiger partial charge in [-0.2, -0.15) is 4.31 Å². The predicted molar refractivity (Wildman–Crippen MR) is 143 cm³/mol. The second-order valence-electron chi connectivity index (χ2n) is 9.76. The van der Waals surface area contributed by atoms with Crippen LogP contribution in [0.15, 0.2) is 70.3 Å². The number of ketones is 1. The van der Waals surface area contributed by atoms with Gasteiger partial charge in [0.1, 0.15) is 4.21 Å². The fraction of sp³-hybridized carbons (Fsp3) is 0.379. The molecule has 0 bridgehead atoms. The minimum Gasteiger partial charge on any atom is -0.457 e. The van der Waals surface area contributed by atoms with Crippen molar-refractivity contribution in [2.75, 3.05) is 13.2 Å². The number of carbonyl (C=O) groups excluding carboxylic acids is 2. The minimum absolute atomic E-state index is 0.157. The number of fused-ring (bicyclic) bond motifs is 1. The Kier molecular flexibility index (Phi) is 7.88. The largest absolute Gasteiger partial charge is 0.457 e. The van der Waals surface area contributed by atoms with Gasteiger partial charge >= 0.3 is 5.97 Å². The molecule has 5 rings (SSSR count). The number of Topliss-reactive ketones (excluding diaryl/α,β-unsaturated/α-hetero) is 1. The fourth-order valence-corrected chi connectivity index (χ4v) is 8.20. The van der Waals surface area contributed by atoms with E-state index in [9.17, 15) is 18.0 Å². The molecule has 1 atom stereocenters. The summed E-state index contributed by atoms with van der Waals surface area (Å²) in [6.07, 6.45) is 6.58. The maximum absolute atomic E-state index is 13.4. The molecule has 6 nitrogen and oxygen atoms in total. The average molecular weight is 538 g/mol. The summed E-state index contributed by atoms with van der Waals surface area (Å²) in [5.41, 5.74) is 3.59. The van der Waals surface area contributed by atoms with Gasteiger partial charge in [-0.15, -0.1) is 11.3 Å². The van der Waals surface area contributed by atoms with Gasteiger partial charge in [-0.05, 0) is 53.3 Å². The van der Waals surface area contributed by atoms with Crippen LogP contribution in [-0.2, 0) is 26.0 Å². The highest BCUT2D eigenvalue weighted by molar-refractivity contribution is 7.91. The molecule has 1 fully saturated rings. The lowest BCUT2D eigenvalue weighted by Gasteiger charge is -2.35. The number of esters is 1. The molecule has 1 aliphatic heterocycles. The minimum atomic E-state index is -3.77. The molecule has 0 amide bonds. The lowest BCUT2D eigenvalue weighted by Crippen LogP contribution is -2.41. The van der Waals surface area contributed by atoms with E-state index in [0.717, 1.165) is 22.5 Å². The molecule has 1 unspecified atom stereocenters. The van der Waals surface area contributed by atoms with Crippen molar-refractivity contribution < 1.29 is 22.7 Å². The molecule has 2 heterocycles. The number of hydrogen-bond acceptors (Lipinski definition) is 6. The number of nitrogens with zero attached hydrogens (tertiary/aromatic N) is 1. The molecule has 0 spiro atoms. The van der Waals surface area contributed by atoms with Gasteiger partial charge in [-0.25, -0.2) is 8.42 Å². The molecule has 0 radical (unpaired) electrons. The van der Waals surface area contributed by atoms with Crippen LogP contribution in [0.25, 0.3) is 0 Å². The first-order valence-electron chi connectivity index (χ1n) is 12.9. The first-order valence-corrected chi connectivity index (χ1v) is 15.2. The van der Waals surface area contributed by atoms with Crippen molar-refractivity contribution in [3.8, 4) is 0 Å². The number of hydrogen-bond donors (Lipinski definition) is 0. The van der Waals surface area contributed by atoms with Gasteiger partial charge in [-0.1, -0.05) is 73.9 Å². The summed E-state index contributed by atoms with van der Waals surface area (Å²) < 4.78 is 33.8. The molecule has 0 N–H and O–H groups in total. The van der Waals surface area contributed by atoms with E-state index in [1.807, 2.05) is 48.5 Å². The second-order valence-corrected chi connectivity index (χ2v) is 12.8. The zero-order chi connectivity index (χ0) is 25.8. The molecule has 1 aromatic heterocycles. The van der Waals surface area contributed by atoms with Gasteiger partial charge in [0.15, 0.2) is 12.4 Å². The Labute approximate surface area is 222 Å². The molecule has 1 saturated carbocycles. The maximum atomic E-state index is 13.4. The van der Waals surface area contributed by atoms with Gasteiger partial charge < -0.3 is 4.74 Å². The van der Waals surface area contributed by atoms with Crippen LogP contribution in [0, 0.1) is 0 Å². The third kappa shape index (κ3) is 5.71. The Balaban J connectivity index is 1.26. The Hall–Kier alpha value is -2.81. The van der Waals surface area contributed by atoms with E-state index in [2.05, 4.69) is 0 Å². The third-order valence-electron chi connectivity index (χ3n) is 7.45. The zero-order valence-corrected chi connectivity index (χ0v) is 22.3. The van der Waals surface area contributed by atoms with E-state index < -0.39 is 22.0 Å². The summed E-state index contributed by atoms with van der Waals surface area (Å²) in [6.45, 7) is -0.0882. The highest BCUT2D eigenvalue weighted by Gasteiger charge is 2.38. The van der Waals surface area contributed by atoms with Crippen molar-refractivity contribution in [3.05, 3.63) is 88.3 Å². The molecule has 37 heavy (non-hydrogen) atoms. The van der Waals surface area contributed by atoms with E-state index in [-0.39, 0.29) is 29.6 Å². The molecular formula is C29H31NO5S2. The summed E-state index contributed by atoms with van der Waals surface area (Å²) in [7, 11) is -3.77. The molecule has 2 aliphatic rings. The van der Waals surface area contributed by atoms with Crippen molar-refractivity contribution in [3.63, 3.8) is 0 Å². The first kappa shape index (κ1) is 25.8. The monoisotopic (exact) mass is 537 g/mol. The quantitative estimate of drug-likeness (QED) is 0.264. The highest BCUT2D eigenvalue weighted by Crippen LogP contribution is 2.37. The summed E-state index contributed by atoms with van der Waals surface area (Å²) in [5, 5.41) is 1.72. The Morgan fingerprint density at radius 2 is 1.70 bits per heavy atom. The summed E-state index contributed by atoms with van der Waals surface area (Å²) in [6, 6.07) is 17.8. The lowest BCUT2D eigenvalue weighted by molar-refractivity contribution is -0.143. The molecule has 8 heteroatoms. The van der Waals surface area contributed by atoms with Crippen LogP contribution >= 0.6 is 11.3 Å². The fourth-order valence-electron chi connectivity index (χ4n) is 5.48. The number of thiophene rings is 1. The van der Waals surface area contributed by atoms with Crippen molar-refractivity contribution >= 4 is 33.1 Å². The summed E-state index contributed by atoms with van der Waals surface area (Å²) in [5.74, 6) is -0.307. The number of ether oxygens (including phenoxy) is 1. The van der Waals surface area contributed by atoms with Crippen LogP contribution in [0.3, 0.4) is 0 Å². The maximum Gasteiger partial charge on any atom is 0.308 e. The molecular weight excluding hydrogens is 506 g/mol. The smallest absolute Gasteiger partial charge is 0.308 e. The number of benzene rings is 2. The van der Waals surface area contributed by atoms with Gasteiger partial charge in [0.25, 0.3) is 10.0 Å². The van der Waals surface area contributed by atoms with Crippen LogP contribution in [0.4, 0.5) is 0 Å². The van der Waals surface area contributed by atoms with Crippen molar-refractivity contribution in [1.29, 1.82) is 0 Å². The average Bonchev–Trinajstić information content (AvgIpc) is 3.49. The van der Waals surface area contributed by atoms with Crippen molar-refractivity contribution in [2.24, 2.45) is 0 Å². The Morgan fingerprint density at radius 3 is 2.43 bits per heavy atom. The van der Waals surface area contributed by atoms with E-state index in [0.29, 0.717) is 17.9 Å². The van der Waals surface area contributed by atoms with Gasteiger partial charge in [-0.3, -0.25) is 9.59 Å². The molecule has 2 aromatic carbocycles. The Bertz CT molecular complexity index is 1340. The topological polar surface area (TPSA) is 80.8 Å². The normalized spacial score (nSPS) is 18.8. The third-order valence-corrected chi connectivity index (χ3v) is 10.7. The van der Waals surface area contributed by atoms with Crippen molar-refractivity contribution in [1.82, 2.24) is 4.31 Å². The lowest BCUT2D eigenvalue weighted by atomic mass is 9.84. The van der Waals surface area contributed by atoms with E-state index in [1.165, 1.54) is 42.0 Å².